The zero-order valence-corrected chi connectivity index (χ0v) is 19.9. The molecule has 1 aliphatic carbocycles. The summed E-state index contributed by atoms with van der Waals surface area (Å²) in [6, 6.07) is 19.0. The Bertz CT molecular complexity index is 1420. The van der Waals surface area contributed by atoms with Crippen LogP contribution in [-0.4, -0.2) is 27.2 Å². The number of allylic oxidation sites excluding steroid dienone is 2. The van der Waals surface area contributed by atoms with Gasteiger partial charge in [-0.15, -0.1) is 5.10 Å². The summed E-state index contributed by atoms with van der Waals surface area (Å²) in [7, 11) is 0. The van der Waals surface area contributed by atoms with E-state index in [4.69, 9.17) is 19.0 Å². The predicted molar refractivity (Wildman–Crippen MR) is 134 cm³/mol. The fraction of sp³-hybridized carbons (Fsp3) is 0.250. The number of furan rings is 1. The number of carbonyl (C=O) groups excluding carboxylic acids is 1. The number of rotatable bonds is 7. The van der Waals surface area contributed by atoms with Crippen LogP contribution in [0.1, 0.15) is 43.4 Å². The van der Waals surface area contributed by atoms with E-state index >= 15 is 0 Å². The number of hydrogen-bond donors (Lipinski definition) is 1. The summed E-state index contributed by atoms with van der Waals surface area (Å²) in [6.45, 7) is 2.86. The van der Waals surface area contributed by atoms with Crippen molar-refractivity contribution in [3.8, 4) is 23.1 Å². The number of aromatic nitrogens is 3. The monoisotopic (exact) mass is 482 g/mol. The van der Waals surface area contributed by atoms with Gasteiger partial charge >= 0.3 is 0 Å². The molecule has 0 amide bonds. The van der Waals surface area contributed by atoms with Gasteiger partial charge in [-0.3, -0.25) is 4.79 Å². The Labute approximate surface area is 208 Å². The average Bonchev–Trinajstić information content (AvgIpc) is 3.58. The second-order valence-electron chi connectivity index (χ2n) is 8.79. The summed E-state index contributed by atoms with van der Waals surface area (Å²) in [6.07, 6.45) is 3.71. The molecule has 6 rings (SSSR count). The van der Waals surface area contributed by atoms with E-state index in [1.54, 1.807) is 17.0 Å². The molecule has 8 heteroatoms. The van der Waals surface area contributed by atoms with Crippen molar-refractivity contribution in [3.63, 3.8) is 0 Å². The number of ketones is 1. The topological polar surface area (TPSA) is 91.4 Å². The van der Waals surface area contributed by atoms with E-state index in [0.29, 0.717) is 48.7 Å². The Morgan fingerprint density at radius 1 is 1.06 bits per heavy atom. The van der Waals surface area contributed by atoms with Gasteiger partial charge in [0.25, 0.3) is 0 Å². The standard InChI is InChI=1S/C28H26N4O4/c1-2-34-24-16-19(13-14-22(24)36-17-18-8-4-3-5-9-18)26-25-20(10-6-11-21(25)33)29-28-30-27(31-32(26)28)23-12-7-15-35-23/h3-5,7-9,12-16,26H,2,6,10-11,17H2,1H3,(H,29,30,31). The first-order valence-corrected chi connectivity index (χ1v) is 12.2. The quantitative estimate of drug-likeness (QED) is 0.370. The molecule has 2 aliphatic rings. The van der Waals surface area contributed by atoms with Gasteiger partial charge in [-0.2, -0.15) is 4.98 Å². The molecule has 3 heterocycles. The lowest BCUT2D eigenvalue weighted by atomic mass is 9.85. The van der Waals surface area contributed by atoms with Crippen molar-refractivity contribution in [1.29, 1.82) is 0 Å². The van der Waals surface area contributed by atoms with E-state index in [2.05, 4.69) is 10.3 Å². The van der Waals surface area contributed by atoms with Crippen LogP contribution in [0.5, 0.6) is 11.5 Å². The Morgan fingerprint density at radius 3 is 2.75 bits per heavy atom. The second kappa shape index (κ2) is 9.37. The maximum absolute atomic E-state index is 13.2. The van der Waals surface area contributed by atoms with E-state index in [1.165, 1.54) is 0 Å². The minimum absolute atomic E-state index is 0.122. The molecule has 0 fully saturated rings. The number of nitrogens with zero attached hydrogens (tertiary/aromatic N) is 3. The highest BCUT2D eigenvalue weighted by Crippen LogP contribution is 2.42. The second-order valence-corrected chi connectivity index (χ2v) is 8.79. The molecule has 36 heavy (non-hydrogen) atoms. The van der Waals surface area contributed by atoms with Crippen molar-refractivity contribution in [2.45, 2.75) is 38.8 Å². The highest BCUT2D eigenvalue weighted by Gasteiger charge is 2.37. The molecule has 1 N–H and O–H groups in total. The lowest BCUT2D eigenvalue weighted by Gasteiger charge is -2.32. The van der Waals surface area contributed by atoms with Gasteiger partial charge in [-0.05, 0) is 55.2 Å². The van der Waals surface area contributed by atoms with Crippen molar-refractivity contribution in [3.05, 3.63) is 89.3 Å². The van der Waals surface area contributed by atoms with Crippen molar-refractivity contribution in [2.75, 3.05) is 11.9 Å². The molecule has 8 nitrogen and oxygen atoms in total. The van der Waals surface area contributed by atoms with Crippen LogP contribution in [0.25, 0.3) is 11.6 Å². The number of ether oxygens (including phenoxy) is 2. The molecule has 1 unspecified atom stereocenters. The SMILES string of the molecule is CCOc1cc(C2C3=C(CCCC3=O)Nc3nc(-c4ccco4)nn32)ccc1OCc1ccccc1. The number of Topliss-reactive ketones (excluding diaryl/α,β-unsaturated/α-hetero) is 1. The molecular formula is C28H26N4O4. The van der Waals surface area contributed by atoms with Gasteiger partial charge in [-0.1, -0.05) is 36.4 Å². The van der Waals surface area contributed by atoms with Crippen LogP contribution in [0, 0.1) is 0 Å². The van der Waals surface area contributed by atoms with E-state index < -0.39 is 6.04 Å². The van der Waals surface area contributed by atoms with E-state index in [1.807, 2.05) is 61.5 Å². The van der Waals surface area contributed by atoms with Gasteiger partial charge in [0, 0.05) is 17.7 Å². The zero-order chi connectivity index (χ0) is 24.5. The molecule has 0 saturated carbocycles. The smallest absolute Gasteiger partial charge is 0.227 e. The third kappa shape index (κ3) is 4.04. The first kappa shape index (κ1) is 22.2. The minimum Gasteiger partial charge on any atom is -0.490 e. The Morgan fingerprint density at radius 2 is 1.94 bits per heavy atom. The van der Waals surface area contributed by atoms with E-state index in [9.17, 15) is 4.79 Å². The summed E-state index contributed by atoms with van der Waals surface area (Å²) in [5, 5.41) is 8.09. The number of nitrogens with one attached hydrogen (secondary N) is 1. The number of fused-ring (bicyclic) bond motifs is 1. The summed E-state index contributed by atoms with van der Waals surface area (Å²) >= 11 is 0. The number of benzene rings is 2. The van der Waals surface area contributed by atoms with Crippen molar-refractivity contribution >= 4 is 11.7 Å². The largest absolute Gasteiger partial charge is 0.490 e. The molecule has 0 radical (unpaired) electrons. The average molecular weight is 483 g/mol. The van der Waals surface area contributed by atoms with Crippen LogP contribution in [0.3, 0.4) is 0 Å². The maximum Gasteiger partial charge on any atom is 0.227 e. The third-order valence-corrected chi connectivity index (χ3v) is 6.43. The van der Waals surface area contributed by atoms with Crippen LogP contribution in [0.15, 0.2) is 82.6 Å². The normalized spacial score (nSPS) is 16.8. The number of anilines is 1. The molecule has 0 saturated heterocycles. The summed E-state index contributed by atoms with van der Waals surface area (Å²) < 4.78 is 19.4. The van der Waals surface area contributed by atoms with Gasteiger partial charge in [-0.25, -0.2) is 4.68 Å². The maximum atomic E-state index is 13.2. The molecule has 182 valence electrons. The Kier molecular flexibility index (Phi) is 5.77. The predicted octanol–water partition coefficient (Wildman–Crippen LogP) is 5.54. The van der Waals surface area contributed by atoms with Gasteiger partial charge in [0.1, 0.15) is 12.6 Å². The van der Waals surface area contributed by atoms with Crippen LogP contribution in [0.2, 0.25) is 0 Å². The first-order chi connectivity index (χ1) is 17.7. The van der Waals surface area contributed by atoms with Gasteiger partial charge < -0.3 is 19.2 Å². The fourth-order valence-corrected chi connectivity index (χ4v) is 4.79. The van der Waals surface area contributed by atoms with E-state index in [0.717, 1.165) is 35.2 Å². The summed E-state index contributed by atoms with van der Waals surface area (Å²) in [5.74, 6) is 3.02. The molecule has 4 aromatic rings. The number of carbonyl (C=O) groups is 1. The lowest BCUT2D eigenvalue weighted by Crippen LogP contribution is -2.31. The minimum atomic E-state index is -0.428. The molecule has 2 aromatic heterocycles. The lowest BCUT2D eigenvalue weighted by molar-refractivity contribution is -0.116. The van der Waals surface area contributed by atoms with Crippen molar-refractivity contribution < 1.29 is 18.7 Å². The molecule has 1 aliphatic heterocycles. The summed E-state index contributed by atoms with van der Waals surface area (Å²) in [5.41, 5.74) is 3.59. The van der Waals surface area contributed by atoms with Crippen LogP contribution in [-0.2, 0) is 11.4 Å². The third-order valence-electron chi connectivity index (χ3n) is 6.43. The fourth-order valence-electron chi connectivity index (χ4n) is 4.79. The molecule has 1 atom stereocenters. The Hall–Kier alpha value is -4.33. The van der Waals surface area contributed by atoms with E-state index in [-0.39, 0.29) is 5.78 Å². The van der Waals surface area contributed by atoms with Gasteiger partial charge in [0.2, 0.25) is 11.8 Å². The van der Waals surface area contributed by atoms with Crippen molar-refractivity contribution in [2.24, 2.45) is 0 Å². The van der Waals surface area contributed by atoms with Crippen LogP contribution < -0.4 is 14.8 Å². The van der Waals surface area contributed by atoms with Crippen molar-refractivity contribution in [1.82, 2.24) is 14.8 Å². The summed E-state index contributed by atoms with van der Waals surface area (Å²) in [4.78, 5) is 17.8. The highest BCUT2D eigenvalue weighted by molar-refractivity contribution is 5.99. The number of hydrogen-bond acceptors (Lipinski definition) is 7. The van der Waals surface area contributed by atoms with Crippen LogP contribution >= 0.6 is 0 Å². The molecule has 0 spiro atoms. The zero-order valence-electron chi connectivity index (χ0n) is 19.9. The molecule has 2 aromatic carbocycles. The highest BCUT2D eigenvalue weighted by atomic mass is 16.5. The molecular weight excluding hydrogens is 456 g/mol. The Balaban J connectivity index is 1.41. The first-order valence-electron chi connectivity index (χ1n) is 12.2. The van der Waals surface area contributed by atoms with Gasteiger partial charge in [0.15, 0.2) is 23.0 Å². The van der Waals surface area contributed by atoms with Gasteiger partial charge in [0.05, 0.1) is 12.9 Å². The molecule has 0 bridgehead atoms. The van der Waals surface area contributed by atoms with Crippen LogP contribution in [0.4, 0.5) is 5.95 Å².